The first kappa shape index (κ1) is 16.6. The first-order valence-corrected chi connectivity index (χ1v) is 9.01. The van der Waals surface area contributed by atoms with Gasteiger partial charge in [-0.3, -0.25) is 4.79 Å². The van der Waals surface area contributed by atoms with E-state index in [9.17, 15) is 13.2 Å². The predicted octanol–water partition coefficient (Wildman–Crippen LogP) is 2.33. The largest absolute Gasteiger partial charge is 0.382 e. The van der Waals surface area contributed by atoms with Gasteiger partial charge in [0.05, 0.1) is 17.9 Å². The van der Waals surface area contributed by atoms with Gasteiger partial charge in [0.1, 0.15) is 5.82 Å². The zero-order chi connectivity index (χ0) is 16.7. The van der Waals surface area contributed by atoms with Gasteiger partial charge in [-0.15, -0.1) is 0 Å². The maximum absolute atomic E-state index is 12.7. The van der Waals surface area contributed by atoms with Gasteiger partial charge in [-0.1, -0.05) is 36.7 Å². The fourth-order valence-electron chi connectivity index (χ4n) is 2.33. The first-order valence-electron chi connectivity index (χ1n) is 6.78. The van der Waals surface area contributed by atoms with E-state index in [1.54, 1.807) is 31.2 Å². The predicted molar refractivity (Wildman–Crippen MR) is 88.8 cm³/mol. The third-order valence-corrected chi connectivity index (χ3v) is 4.88. The van der Waals surface area contributed by atoms with E-state index < -0.39 is 15.6 Å². The summed E-state index contributed by atoms with van der Waals surface area (Å²) in [5.41, 5.74) is 6.05. The van der Waals surface area contributed by atoms with E-state index in [-0.39, 0.29) is 17.4 Å². The Morgan fingerprint density at radius 3 is 2.41 bits per heavy atom. The zero-order valence-corrected chi connectivity index (χ0v) is 14.1. The molecule has 1 atom stereocenters. The van der Waals surface area contributed by atoms with Crippen molar-refractivity contribution in [3.05, 3.63) is 39.6 Å². The fraction of sp³-hybridized carbons (Fsp3) is 0.357. The van der Waals surface area contributed by atoms with Crippen molar-refractivity contribution in [3.8, 4) is 11.1 Å². The summed E-state index contributed by atoms with van der Waals surface area (Å²) < 4.78 is 26.2. The minimum absolute atomic E-state index is 0.108. The molecule has 1 aromatic carbocycles. The minimum Gasteiger partial charge on any atom is -0.382 e. The Morgan fingerprint density at radius 2 is 1.91 bits per heavy atom. The first-order chi connectivity index (χ1) is 10.2. The molecule has 0 bridgehead atoms. The molecule has 0 aliphatic rings. The molecule has 6 nitrogen and oxygen atoms in total. The van der Waals surface area contributed by atoms with E-state index in [1.165, 1.54) is 4.68 Å². The van der Waals surface area contributed by atoms with Crippen molar-refractivity contribution >= 4 is 27.4 Å². The van der Waals surface area contributed by atoms with Gasteiger partial charge in [0, 0.05) is 10.6 Å². The summed E-state index contributed by atoms with van der Waals surface area (Å²) in [6.07, 6.45) is 1.60. The van der Waals surface area contributed by atoms with Crippen molar-refractivity contribution in [2.75, 3.05) is 12.0 Å². The lowest BCUT2D eigenvalue weighted by molar-refractivity contribution is 0.438. The van der Waals surface area contributed by atoms with Gasteiger partial charge in [0.15, 0.2) is 0 Å². The smallest absolute Gasteiger partial charge is 0.278 e. The molecule has 0 saturated heterocycles. The van der Waals surface area contributed by atoms with Crippen LogP contribution in [0.25, 0.3) is 11.1 Å². The van der Waals surface area contributed by atoms with Gasteiger partial charge in [-0.2, -0.15) is 4.09 Å². The standard InChI is InChI=1S/C14H18ClN3O3S/c1-4-9(2)17-14(19)12(10-7-5-6-8-11(10)15)13(16)18(17)22(3,20)21/h5-9H,4,16H2,1-3H3. The highest BCUT2D eigenvalue weighted by atomic mass is 35.5. The Morgan fingerprint density at radius 1 is 1.32 bits per heavy atom. The maximum Gasteiger partial charge on any atom is 0.278 e. The number of halogens is 1. The fourth-order valence-corrected chi connectivity index (χ4v) is 3.56. The molecular weight excluding hydrogens is 326 g/mol. The molecular formula is C14H18ClN3O3S. The summed E-state index contributed by atoms with van der Waals surface area (Å²) in [5, 5.41) is 0.341. The number of benzene rings is 1. The van der Waals surface area contributed by atoms with Crippen LogP contribution in [0, 0.1) is 0 Å². The summed E-state index contributed by atoms with van der Waals surface area (Å²) in [4.78, 5) is 12.7. The molecule has 0 aliphatic carbocycles. The molecule has 120 valence electrons. The molecule has 2 N–H and O–H groups in total. The summed E-state index contributed by atoms with van der Waals surface area (Å²) in [5.74, 6) is -0.124. The highest BCUT2D eigenvalue weighted by molar-refractivity contribution is 7.89. The monoisotopic (exact) mass is 343 g/mol. The van der Waals surface area contributed by atoms with Crippen LogP contribution in [-0.4, -0.2) is 23.4 Å². The molecule has 1 heterocycles. The van der Waals surface area contributed by atoms with Crippen molar-refractivity contribution in [2.45, 2.75) is 26.3 Å². The van der Waals surface area contributed by atoms with E-state index in [1.807, 2.05) is 6.92 Å². The minimum atomic E-state index is -3.73. The van der Waals surface area contributed by atoms with Crippen molar-refractivity contribution in [1.82, 2.24) is 8.77 Å². The number of anilines is 1. The van der Waals surface area contributed by atoms with Crippen LogP contribution < -0.4 is 11.3 Å². The Balaban J connectivity index is 2.93. The van der Waals surface area contributed by atoms with Crippen LogP contribution >= 0.6 is 11.6 Å². The lowest BCUT2D eigenvalue weighted by atomic mass is 10.1. The SMILES string of the molecule is CCC(C)n1c(=O)c(-c2ccccc2Cl)c(N)n1S(C)(=O)=O. The normalized spacial score (nSPS) is 13.3. The summed E-state index contributed by atoms with van der Waals surface area (Å²) in [6, 6.07) is 6.39. The molecule has 0 aliphatic heterocycles. The molecule has 0 radical (unpaired) electrons. The van der Waals surface area contributed by atoms with E-state index >= 15 is 0 Å². The molecule has 0 spiro atoms. The second kappa shape index (κ2) is 5.81. The highest BCUT2D eigenvalue weighted by Crippen LogP contribution is 2.31. The average molecular weight is 344 g/mol. The Hall–Kier alpha value is -1.73. The number of nitrogens with zero attached hydrogens (tertiary/aromatic N) is 2. The molecule has 8 heteroatoms. The van der Waals surface area contributed by atoms with Crippen LogP contribution in [0.1, 0.15) is 26.3 Å². The third-order valence-electron chi connectivity index (χ3n) is 3.55. The Labute approximate surface area is 134 Å². The van der Waals surface area contributed by atoms with Crippen LogP contribution in [0.4, 0.5) is 5.82 Å². The van der Waals surface area contributed by atoms with Crippen LogP contribution in [-0.2, 0) is 10.0 Å². The lowest BCUT2D eigenvalue weighted by Crippen LogP contribution is -2.30. The maximum atomic E-state index is 12.7. The number of rotatable bonds is 4. The van der Waals surface area contributed by atoms with Crippen LogP contribution in [0.2, 0.25) is 5.02 Å². The van der Waals surface area contributed by atoms with Crippen LogP contribution in [0.3, 0.4) is 0 Å². The van der Waals surface area contributed by atoms with Crippen molar-refractivity contribution in [1.29, 1.82) is 0 Å². The lowest BCUT2D eigenvalue weighted by Gasteiger charge is -2.15. The number of nitrogens with two attached hydrogens (primary N) is 1. The molecule has 0 saturated carbocycles. The van der Waals surface area contributed by atoms with Crippen molar-refractivity contribution in [2.24, 2.45) is 0 Å². The number of hydrogen-bond donors (Lipinski definition) is 1. The summed E-state index contributed by atoms with van der Waals surface area (Å²) in [7, 11) is -3.73. The van der Waals surface area contributed by atoms with E-state index in [0.717, 1.165) is 10.3 Å². The third kappa shape index (κ3) is 2.66. The van der Waals surface area contributed by atoms with E-state index in [4.69, 9.17) is 17.3 Å². The zero-order valence-electron chi connectivity index (χ0n) is 12.6. The molecule has 22 heavy (non-hydrogen) atoms. The quantitative estimate of drug-likeness (QED) is 0.922. The van der Waals surface area contributed by atoms with Crippen molar-refractivity contribution in [3.63, 3.8) is 0 Å². The Bertz CT molecular complexity index is 868. The van der Waals surface area contributed by atoms with Gasteiger partial charge in [-0.25, -0.2) is 13.1 Å². The summed E-state index contributed by atoms with van der Waals surface area (Å²) >= 11 is 6.13. The molecule has 2 rings (SSSR count). The molecule has 1 aromatic heterocycles. The van der Waals surface area contributed by atoms with Crippen LogP contribution in [0.15, 0.2) is 29.1 Å². The van der Waals surface area contributed by atoms with Crippen molar-refractivity contribution < 1.29 is 8.42 Å². The second-order valence-electron chi connectivity index (χ2n) is 5.15. The molecule has 0 amide bonds. The van der Waals surface area contributed by atoms with Gasteiger partial charge < -0.3 is 5.73 Å². The van der Waals surface area contributed by atoms with E-state index in [0.29, 0.717) is 17.0 Å². The van der Waals surface area contributed by atoms with Gasteiger partial charge in [0.25, 0.3) is 15.6 Å². The highest BCUT2D eigenvalue weighted by Gasteiger charge is 2.27. The molecule has 2 aromatic rings. The van der Waals surface area contributed by atoms with E-state index in [2.05, 4.69) is 0 Å². The number of nitrogen functional groups attached to an aromatic ring is 1. The Kier molecular flexibility index (Phi) is 4.39. The summed E-state index contributed by atoms with van der Waals surface area (Å²) in [6.45, 7) is 3.63. The second-order valence-corrected chi connectivity index (χ2v) is 7.37. The average Bonchev–Trinajstić information content (AvgIpc) is 2.70. The van der Waals surface area contributed by atoms with Gasteiger partial charge >= 0.3 is 0 Å². The van der Waals surface area contributed by atoms with Gasteiger partial charge in [-0.05, 0) is 19.4 Å². The topological polar surface area (TPSA) is 87.1 Å². The number of aromatic nitrogens is 2. The molecule has 0 fully saturated rings. The van der Waals surface area contributed by atoms with Crippen LogP contribution in [0.5, 0.6) is 0 Å². The molecule has 1 unspecified atom stereocenters. The number of hydrogen-bond acceptors (Lipinski definition) is 4. The van der Waals surface area contributed by atoms with Gasteiger partial charge in [0.2, 0.25) is 0 Å².